The summed E-state index contributed by atoms with van der Waals surface area (Å²) in [5.41, 5.74) is 4.09. The van der Waals surface area contributed by atoms with Crippen molar-refractivity contribution in [1.82, 2.24) is 10.3 Å². The molecule has 19 heavy (non-hydrogen) atoms. The number of hydrogen-bond donors (Lipinski definition) is 2. The summed E-state index contributed by atoms with van der Waals surface area (Å²) in [5, 5.41) is 0. The smallest absolute Gasteiger partial charge is 0.331 e. The number of hydrazine groups is 1. The van der Waals surface area contributed by atoms with Crippen molar-refractivity contribution in [2.75, 3.05) is 27.8 Å². The van der Waals surface area contributed by atoms with Crippen molar-refractivity contribution < 1.29 is 14.3 Å². The first-order valence-corrected chi connectivity index (χ1v) is 5.96. The van der Waals surface area contributed by atoms with Crippen LogP contribution in [0.5, 0.6) is 11.5 Å². The summed E-state index contributed by atoms with van der Waals surface area (Å²) >= 11 is 0. The summed E-state index contributed by atoms with van der Waals surface area (Å²) < 4.78 is 10.6. The Balaban J connectivity index is 2.84. The second kappa shape index (κ2) is 6.84. The van der Waals surface area contributed by atoms with Crippen molar-refractivity contribution in [2.24, 2.45) is 5.84 Å². The maximum Gasteiger partial charge on any atom is 0.331 e. The Bertz CT molecular complexity index is 449. The molecule has 0 atom stereocenters. The van der Waals surface area contributed by atoms with E-state index in [4.69, 9.17) is 15.3 Å². The van der Waals surface area contributed by atoms with Crippen molar-refractivity contribution in [3.05, 3.63) is 23.3 Å². The molecule has 0 heterocycles. The number of aryl methyl sites for hydroxylation is 1. The molecule has 0 radical (unpaired) electrons. The quantitative estimate of drug-likeness (QED) is 0.475. The first-order chi connectivity index (χ1) is 9.03. The third kappa shape index (κ3) is 3.75. The van der Waals surface area contributed by atoms with E-state index in [0.29, 0.717) is 13.0 Å². The van der Waals surface area contributed by atoms with Crippen LogP contribution in [0.2, 0.25) is 0 Å². The van der Waals surface area contributed by atoms with E-state index < -0.39 is 0 Å². The van der Waals surface area contributed by atoms with E-state index in [2.05, 4.69) is 5.43 Å². The lowest BCUT2D eigenvalue weighted by molar-refractivity contribution is 0.209. The number of likely N-dealkylation sites (N-methyl/N-ethyl adjacent to an activating group) is 1. The van der Waals surface area contributed by atoms with Gasteiger partial charge in [0, 0.05) is 13.6 Å². The highest BCUT2D eigenvalue weighted by molar-refractivity contribution is 5.73. The van der Waals surface area contributed by atoms with E-state index >= 15 is 0 Å². The van der Waals surface area contributed by atoms with E-state index in [1.54, 1.807) is 21.3 Å². The molecular formula is C13H21N3O3. The maximum absolute atomic E-state index is 11.3. The molecule has 0 aromatic heterocycles. The third-order valence-corrected chi connectivity index (χ3v) is 2.98. The Morgan fingerprint density at radius 3 is 2.47 bits per heavy atom. The number of nitrogens with one attached hydrogen (secondary N) is 1. The zero-order valence-electron chi connectivity index (χ0n) is 11.8. The Morgan fingerprint density at radius 1 is 1.32 bits per heavy atom. The normalized spacial score (nSPS) is 9.95. The fraction of sp³-hybridized carbons (Fsp3) is 0.462. The van der Waals surface area contributed by atoms with Crippen molar-refractivity contribution >= 4 is 6.03 Å². The highest BCUT2D eigenvalue weighted by Crippen LogP contribution is 2.28. The van der Waals surface area contributed by atoms with Gasteiger partial charge in [-0.2, -0.15) is 0 Å². The molecule has 0 aliphatic rings. The third-order valence-electron chi connectivity index (χ3n) is 2.98. The van der Waals surface area contributed by atoms with Crippen LogP contribution in [0.3, 0.4) is 0 Å². The summed E-state index contributed by atoms with van der Waals surface area (Å²) in [5.74, 6) is 6.68. The van der Waals surface area contributed by atoms with Crippen LogP contribution in [0.4, 0.5) is 4.79 Å². The summed E-state index contributed by atoms with van der Waals surface area (Å²) in [6.45, 7) is 2.49. The van der Waals surface area contributed by atoms with Crippen molar-refractivity contribution in [1.29, 1.82) is 0 Å². The highest BCUT2D eigenvalue weighted by Gasteiger charge is 2.11. The van der Waals surface area contributed by atoms with Gasteiger partial charge in [-0.15, -0.1) is 0 Å². The predicted molar refractivity (Wildman–Crippen MR) is 73.3 cm³/mol. The van der Waals surface area contributed by atoms with Crippen LogP contribution in [-0.4, -0.2) is 38.7 Å². The van der Waals surface area contributed by atoms with Crippen molar-refractivity contribution in [2.45, 2.75) is 13.3 Å². The number of amides is 2. The molecule has 1 aromatic carbocycles. The summed E-state index contributed by atoms with van der Waals surface area (Å²) in [6, 6.07) is 3.54. The molecule has 0 aliphatic heterocycles. The van der Waals surface area contributed by atoms with Gasteiger partial charge in [0.05, 0.1) is 14.2 Å². The molecule has 0 bridgehead atoms. The van der Waals surface area contributed by atoms with Gasteiger partial charge in [0.2, 0.25) is 0 Å². The van der Waals surface area contributed by atoms with Gasteiger partial charge in [-0.1, -0.05) is 0 Å². The molecule has 1 rings (SSSR count). The Labute approximate surface area is 113 Å². The van der Waals surface area contributed by atoms with Crippen LogP contribution in [0.25, 0.3) is 0 Å². The SMILES string of the molecule is COc1cc(CCN(C)C(=O)NN)c(OC)cc1C. The number of nitrogens with two attached hydrogens (primary N) is 1. The molecule has 2 amide bonds. The van der Waals surface area contributed by atoms with Gasteiger partial charge in [-0.05, 0) is 36.6 Å². The van der Waals surface area contributed by atoms with E-state index in [-0.39, 0.29) is 6.03 Å². The molecule has 6 heteroatoms. The molecule has 0 unspecified atom stereocenters. The average molecular weight is 267 g/mol. The largest absolute Gasteiger partial charge is 0.496 e. The zero-order chi connectivity index (χ0) is 14.4. The minimum Gasteiger partial charge on any atom is -0.496 e. The molecule has 0 saturated carbocycles. The van der Waals surface area contributed by atoms with Gasteiger partial charge >= 0.3 is 6.03 Å². The minimum atomic E-state index is -0.321. The number of rotatable bonds is 5. The monoisotopic (exact) mass is 267 g/mol. The first-order valence-electron chi connectivity index (χ1n) is 5.96. The van der Waals surface area contributed by atoms with Crippen LogP contribution >= 0.6 is 0 Å². The maximum atomic E-state index is 11.3. The lowest BCUT2D eigenvalue weighted by Gasteiger charge is -2.18. The molecule has 6 nitrogen and oxygen atoms in total. The fourth-order valence-corrected chi connectivity index (χ4v) is 1.81. The van der Waals surface area contributed by atoms with Gasteiger partial charge in [-0.25, -0.2) is 10.6 Å². The van der Waals surface area contributed by atoms with Gasteiger partial charge in [-0.3, -0.25) is 5.43 Å². The second-order valence-corrected chi connectivity index (χ2v) is 4.25. The Kier molecular flexibility index (Phi) is 5.44. The molecule has 3 N–H and O–H groups in total. The number of benzene rings is 1. The van der Waals surface area contributed by atoms with E-state index in [9.17, 15) is 4.79 Å². The number of nitrogens with zero attached hydrogens (tertiary/aromatic N) is 1. The molecule has 0 saturated heterocycles. The summed E-state index contributed by atoms with van der Waals surface area (Å²) in [4.78, 5) is 12.8. The van der Waals surface area contributed by atoms with Gasteiger partial charge in [0.15, 0.2) is 0 Å². The Hall–Kier alpha value is -1.95. The highest BCUT2D eigenvalue weighted by atomic mass is 16.5. The molecule has 106 valence electrons. The van der Waals surface area contributed by atoms with Gasteiger partial charge in [0.1, 0.15) is 11.5 Å². The fourth-order valence-electron chi connectivity index (χ4n) is 1.81. The van der Waals surface area contributed by atoms with Crippen LogP contribution in [0.1, 0.15) is 11.1 Å². The number of methoxy groups -OCH3 is 2. The summed E-state index contributed by atoms with van der Waals surface area (Å²) in [6.07, 6.45) is 0.656. The minimum absolute atomic E-state index is 0.321. The zero-order valence-corrected chi connectivity index (χ0v) is 11.8. The number of urea groups is 1. The summed E-state index contributed by atoms with van der Waals surface area (Å²) in [7, 11) is 4.94. The predicted octanol–water partition coefficient (Wildman–Crippen LogP) is 1.07. The Morgan fingerprint density at radius 2 is 1.95 bits per heavy atom. The molecular weight excluding hydrogens is 246 g/mol. The van der Waals surface area contributed by atoms with Crippen LogP contribution in [-0.2, 0) is 6.42 Å². The van der Waals surface area contributed by atoms with Gasteiger partial charge in [0.25, 0.3) is 0 Å². The van der Waals surface area contributed by atoms with Crippen LogP contribution in [0.15, 0.2) is 12.1 Å². The molecule has 0 fully saturated rings. The lowest BCUT2D eigenvalue weighted by Crippen LogP contribution is -2.42. The van der Waals surface area contributed by atoms with Crippen LogP contribution < -0.4 is 20.7 Å². The molecule has 0 aliphatic carbocycles. The van der Waals surface area contributed by atoms with Crippen molar-refractivity contribution in [3.63, 3.8) is 0 Å². The van der Waals surface area contributed by atoms with E-state index in [1.807, 2.05) is 19.1 Å². The first kappa shape index (κ1) is 15.1. The van der Waals surface area contributed by atoms with Crippen LogP contribution in [0, 0.1) is 6.92 Å². The number of ether oxygens (including phenoxy) is 2. The van der Waals surface area contributed by atoms with E-state index in [0.717, 1.165) is 22.6 Å². The average Bonchev–Trinajstić information content (AvgIpc) is 2.44. The number of carbonyl (C=O) groups excluding carboxylic acids is 1. The number of hydrogen-bond acceptors (Lipinski definition) is 4. The molecule has 0 spiro atoms. The standard InChI is InChI=1S/C13H21N3O3/c1-9-7-12(19-4)10(8-11(9)18-3)5-6-16(2)13(17)15-14/h7-8H,5-6,14H2,1-4H3,(H,15,17). The number of carbonyl (C=O) groups is 1. The van der Waals surface area contributed by atoms with Gasteiger partial charge < -0.3 is 14.4 Å². The lowest BCUT2D eigenvalue weighted by atomic mass is 10.1. The molecule has 1 aromatic rings. The second-order valence-electron chi connectivity index (χ2n) is 4.25. The topological polar surface area (TPSA) is 76.8 Å². The van der Waals surface area contributed by atoms with E-state index in [1.165, 1.54) is 4.90 Å². The van der Waals surface area contributed by atoms with Crippen molar-refractivity contribution in [3.8, 4) is 11.5 Å².